The lowest BCUT2D eigenvalue weighted by Gasteiger charge is -2.30. The Morgan fingerprint density at radius 2 is 1.65 bits per heavy atom. The van der Waals surface area contributed by atoms with Gasteiger partial charge in [-0.2, -0.15) is 13.2 Å². The number of likely N-dealkylation sites (tertiary alicyclic amines) is 1. The van der Waals surface area contributed by atoms with Crippen LogP contribution in [0.1, 0.15) is 18.4 Å². The number of rotatable bonds is 5. The van der Waals surface area contributed by atoms with Crippen LogP contribution in [-0.4, -0.2) is 50.0 Å². The third kappa shape index (κ3) is 6.11. The van der Waals surface area contributed by atoms with Crippen LogP contribution in [0.15, 0.2) is 47.4 Å². The summed E-state index contributed by atoms with van der Waals surface area (Å²) in [5, 5.41) is 8.95. The minimum absolute atomic E-state index is 0.00355. The molecule has 34 heavy (non-hydrogen) atoms. The highest BCUT2D eigenvalue weighted by Crippen LogP contribution is 2.40. The molecule has 0 unspecified atom stereocenters. The van der Waals surface area contributed by atoms with Gasteiger partial charge in [0, 0.05) is 24.7 Å². The fraction of sp³-hybridized carbons (Fsp3) is 0.350. The summed E-state index contributed by atoms with van der Waals surface area (Å²) in [4.78, 5) is 10.9. The number of alkyl halides is 6. The van der Waals surface area contributed by atoms with Crippen LogP contribution in [0.25, 0.3) is 11.1 Å². The Bertz CT molecular complexity index is 1160. The zero-order valence-electron chi connectivity index (χ0n) is 17.2. The minimum Gasteiger partial charge on any atom is -0.465 e. The van der Waals surface area contributed by atoms with E-state index in [1.807, 2.05) is 0 Å². The molecule has 2 aromatic rings. The zero-order chi connectivity index (χ0) is 25.3. The number of amides is 1. The molecule has 1 heterocycles. The van der Waals surface area contributed by atoms with E-state index in [2.05, 4.69) is 9.46 Å². The molecule has 7 nitrogen and oxygen atoms in total. The van der Waals surface area contributed by atoms with Crippen molar-refractivity contribution >= 4 is 16.1 Å². The smallest absolute Gasteiger partial charge is 0.465 e. The van der Waals surface area contributed by atoms with Crippen molar-refractivity contribution in [3.63, 3.8) is 0 Å². The molecule has 0 spiro atoms. The van der Waals surface area contributed by atoms with E-state index in [9.17, 15) is 39.6 Å². The van der Waals surface area contributed by atoms with E-state index >= 15 is 0 Å². The summed E-state index contributed by atoms with van der Waals surface area (Å²) in [5.74, 6) is -0.748. The SMILES string of the molecule is O=C(O)N1CCC(NS(=O)(=O)c2ccc(-c3ccccc3OC(F)(F)F)cc2C(F)(F)F)CC1. The number of hydrogen-bond acceptors (Lipinski definition) is 4. The number of nitrogens with zero attached hydrogens (tertiary/aromatic N) is 1. The van der Waals surface area contributed by atoms with E-state index in [0.29, 0.717) is 12.1 Å². The summed E-state index contributed by atoms with van der Waals surface area (Å²) >= 11 is 0. The number of ether oxygens (including phenoxy) is 1. The van der Waals surface area contributed by atoms with E-state index < -0.39 is 50.9 Å². The molecule has 3 rings (SSSR count). The molecule has 1 saturated heterocycles. The molecule has 2 aromatic carbocycles. The van der Waals surface area contributed by atoms with Crippen molar-refractivity contribution in [2.45, 2.75) is 36.3 Å². The van der Waals surface area contributed by atoms with Crippen LogP contribution in [0.5, 0.6) is 5.75 Å². The molecular weight excluding hydrogens is 494 g/mol. The van der Waals surface area contributed by atoms with E-state index in [4.69, 9.17) is 5.11 Å². The van der Waals surface area contributed by atoms with Crippen LogP contribution in [0.4, 0.5) is 31.1 Å². The fourth-order valence-corrected chi connectivity index (χ4v) is 5.06. The summed E-state index contributed by atoms with van der Waals surface area (Å²) < 4.78 is 111. The van der Waals surface area contributed by atoms with Gasteiger partial charge in [-0.05, 0) is 36.6 Å². The first kappa shape index (κ1) is 25.6. The normalized spacial score (nSPS) is 15.9. The third-order valence-electron chi connectivity index (χ3n) is 5.09. The molecule has 14 heteroatoms. The maximum atomic E-state index is 13.8. The number of benzene rings is 2. The molecule has 1 aliphatic rings. The highest BCUT2D eigenvalue weighted by molar-refractivity contribution is 7.89. The van der Waals surface area contributed by atoms with Crippen molar-refractivity contribution in [2.24, 2.45) is 0 Å². The van der Waals surface area contributed by atoms with Gasteiger partial charge in [-0.1, -0.05) is 24.3 Å². The maximum absolute atomic E-state index is 13.8. The van der Waals surface area contributed by atoms with Crippen molar-refractivity contribution in [2.75, 3.05) is 13.1 Å². The first-order valence-electron chi connectivity index (χ1n) is 9.74. The summed E-state index contributed by atoms with van der Waals surface area (Å²) in [6.07, 6.45) is -11.3. The molecule has 0 atom stereocenters. The van der Waals surface area contributed by atoms with E-state index in [-0.39, 0.29) is 37.1 Å². The highest BCUT2D eigenvalue weighted by atomic mass is 32.2. The van der Waals surface area contributed by atoms with Crippen LogP contribution in [0.2, 0.25) is 0 Å². The van der Waals surface area contributed by atoms with Crippen molar-refractivity contribution in [3.8, 4) is 16.9 Å². The first-order valence-corrected chi connectivity index (χ1v) is 11.2. The predicted octanol–water partition coefficient (Wildman–Crippen LogP) is 4.69. The number of hydrogen-bond donors (Lipinski definition) is 2. The summed E-state index contributed by atoms with van der Waals surface area (Å²) in [7, 11) is -4.70. The Kier molecular flexibility index (Phi) is 7.03. The lowest BCUT2D eigenvalue weighted by molar-refractivity contribution is -0.274. The van der Waals surface area contributed by atoms with Crippen LogP contribution < -0.4 is 9.46 Å². The number of nitrogens with one attached hydrogen (secondary N) is 1. The topological polar surface area (TPSA) is 95.9 Å². The van der Waals surface area contributed by atoms with E-state index in [0.717, 1.165) is 23.1 Å². The monoisotopic (exact) mass is 512 g/mol. The lowest BCUT2D eigenvalue weighted by Crippen LogP contribution is -2.46. The molecular formula is C20H18F6N2O5S. The Balaban J connectivity index is 1.96. The molecule has 0 aliphatic carbocycles. The minimum atomic E-state index is -5.15. The summed E-state index contributed by atoms with van der Waals surface area (Å²) in [5.41, 5.74) is -2.22. The Morgan fingerprint density at radius 3 is 2.21 bits per heavy atom. The number of carboxylic acid groups (broad SMARTS) is 1. The van der Waals surface area contributed by atoms with Gasteiger partial charge in [0.2, 0.25) is 10.0 Å². The average molecular weight is 512 g/mol. The van der Waals surface area contributed by atoms with Gasteiger partial charge in [0.05, 0.1) is 10.5 Å². The Labute approximate surface area is 190 Å². The number of sulfonamides is 1. The van der Waals surface area contributed by atoms with Gasteiger partial charge in [-0.15, -0.1) is 13.2 Å². The quantitative estimate of drug-likeness (QED) is 0.567. The van der Waals surface area contributed by atoms with Crippen LogP contribution in [0, 0.1) is 0 Å². The molecule has 0 aromatic heterocycles. The van der Waals surface area contributed by atoms with Crippen LogP contribution in [0.3, 0.4) is 0 Å². The second-order valence-corrected chi connectivity index (χ2v) is 9.10. The Hall–Kier alpha value is -3.00. The van der Waals surface area contributed by atoms with Gasteiger partial charge in [-0.25, -0.2) is 17.9 Å². The Morgan fingerprint density at radius 1 is 1.03 bits per heavy atom. The van der Waals surface area contributed by atoms with Crippen molar-refractivity contribution in [1.29, 1.82) is 0 Å². The summed E-state index contributed by atoms with van der Waals surface area (Å²) in [6, 6.07) is 5.80. The lowest BCUT2D eigenvalue weighted by atomic mass is 10.0. The van der Waals surface area contributed by atoms with Gasteiger partial charge >= 0.3 is 18.6 Å². The fourth-order valence-electron chi connectivity index (χ4n) is 3.54. The van der Waals surface area contributed by atoms with E-state index in [1.54, 1.807) is 0 Å². The largest absolute Gasteiger partial charge is 0.573 e. The molecule has 0 bridgehead atoms. The number of carbonyl (C=O) groups is 1. The van der Waals surface area contributed by atoms with E-state index in [1.165, 1.54) is 12.1 Å². The number of para-hydroxylation sites is 1. The molecule has 186 valence electrons. The molecule has 2 N–H and O–H groups in total. The highest BCUT2D eigenvalue weighted by Gasteiger charge is 2.39. The number of piperidine rings is 1. The van der Waals surface area contributed by atoms with Crippen LogP contribution in [-0.2, 0) is 16.2 Å². The standard InChI is InChI=1S/C20H18F6N2O5S/c21-19(22,23)15-11-12(14-3-1-2-4-16(14)33-20(24,25)26)5-6-17(15)34(31,32)27-13-7-9-28(10-8-13)18(29)30/h1-6,11,13,27H,7-10H2,(H,29,30). The van der Waals surface area contributed by atoms with Gasteiger partial charge in [-0.3, -0.25) is 0 Å². The predicted molar refractivity (Wildman–Crippen MR) is 107 cm³/mol. The number of halogens is 6. The molecule has 1 fully saturated rings. The molecule has 1 amide bonds. The van der Waals surface area contributed by atoms with Gasteiger partial charge < -0.3 is 14.7 Å². The third-order valence-corrected chi connectivity index (χ3v) is 6.66. The maximum Gasteiger partial charge on any atom is 0.573 e. The van der Waals surface area contributed by atoms with Crippen molar-refractivity contribution in [3.05, 3.63) is 48.0 Å². The van der Waals surface area contributed by atoms with Gasteiger partial charge in [0.1, 0.15) is 5.75 Å². The van der Waals surface area contributed by atoms with Gasteiger partial charge in [0.25, 0.3) is 0 Å². The average Bonchev–Trinajstić information content (AvgIpc) is 2.72. The van der Waals surface area contributed by atoms with Crippen LogP contribution >= 0.6 is 0 Å². The molecule has 1 aliphatic heterocycles. The van der Waals surface area contributed by atoms with Crippen molar-refractivity contribution < 1.29 is 49.4 Å². The second kappa shape index (κ2) is 9.33. The molecule has 0 radical (unpaired) electrons. The molecule has 0 saturated carbocycles. The van der Waals surface area contributed by atoms with Crippen molar-refractivity contribution in [1.82, 2.24) is 9.62 Å². The summed E-state index contributed by atoms with van der Waals surface area (Å²) in [6.45, 7) is 0.00709. The first-order chi connectivity index (χ1) is 15.7. The second-order valence-electron chi connectivity index (χ2n) is 7.42. The van der Waals surface area contributed by atoms with Gasteiger partial charge in [0.15, 0.2) is 0 Å². The zero-order valence-corrected chi connectivity index (χ0v) is 18.0.